The standard InChI is InChI=1S/C18H23N5O2/c24-18(21-15-12-25-13-17(15)22-9-3-4-10-22)20-14-6-1-2-7-16(14)23-11-5-8-19-23/h1-2,5-8,11,15,17H,3-4,9-10,12-13H2,(H2,20,21,24)/t15-,17-/m0/s1. The van der Waals surface area contributed by atoms with Crippen LogP contribution in [0, 0.1) is 0 Å². The van der Waals surface area contributed by atoms with Gasteiger partial charge in [-0.2, -0.15) is 5.10 Å². The van der Waals surface area contributed by atoms with Crippen molar-refractivity contribution >= 4 is 11.7 Å². The van der Waals surface area contributed by atoms with Crippen molar-refractivity contribution in [3.05, 3.63) is 42.7 Å². The van der Waals surface area contributed by atoms with Crippen molar-refractivity contribution in [2.24, 2.45) is 0 Å². The van der Waals surface area contributed by atoms with Gasteiger partial charge in [0.05, 0.1) is 36.7 Å². The Kier molecular flexibility index (Phi) is 4.67. The van der Waals surface area contributed by atoms with Crippen LogP contribution in [0.3, 0.4) is 0 Å². The fraction of sp³-hybridized carbons (Fsp3) is 0.444. The lowest BCUT2D eigenvalue weighted by Gasteiger charge is -2.28. The number of ether oxygens (including phenoxy) is 1. The lowest BCUT2D eigenvalue weighted by molar-refractivity contribution is 0.159. The quantitative estimate of drug-likeness (QED) is 0.890. The smallest absolute Gasteiger partial charge is 0.319 e. The minimum absolute atomic E-state index is 0.0231. The second kappa shape index (κ2) is 7.25. The van der Waals surface area contributed by atoms with E-state index in [1.54, 1.807) is 10.9 Å². The molecule has 1 aromatic carbocycles. The minimum Gasteiger partial charge on any atom is -0.378 e. The molecule has 1 aromatic heterocycles. The molecule has 2 amide bonds. The molecule has 2 N–H and O–H groups in total. The predicted octanol–water partition coefficient (Wildman–Crippen LogP) is 1.86. The van der Waals surface area contributed by atoms with Crippen LogP contribution < -0.4 is 10.6 Å². The lowest BCUT2D eigenvalue weighted by atomic mass is 10.1. The molecule has 0 bridgehead atoms. The number of likely N-dealkylation sites (tertiary alicyclic amines) is 1. The van der Waals surface area contributed by atoms with Crippen LogP contribution >= 0.6 is 0 Å². The summed E-state index contributed by atoms with van der Waals surface area (Å²) in [5.74, 6) is 0. The molecule has 2 aliphatic rings. The Balaban J connectivity index is 1.43. The molecule has 0 unspecified atom stereocenters. The van der Waals surface area contributed by atoms with Crippen molar-refractivity contribution in [3.8, 4) is 5.69 Å². The molecular weight excluding hydrogens is 318 g/mol. The Bertz CT molecular complexity index is 712. The zero-order valence-corrected chi connectivity index (χ0v) is 14.1. The summed E-state index contributed by atoms with van der Waals surface area (Å²) in [4.78, 5) is 15.0. The van der Waals surface area contributed by atoms with Gasteiger partial charge in [-0.25, -0.2) is 9.48 Å². The van der Waals surface area contributed by atoms with Crippen molar-refractivity contribution in [1.29, 1.82) is 0 Å². The second-order valence-corrected chi connectivity index (χ2v) is 6.52. The van der Waals surface area contributed by atoms with Gasteiger partial charge in [0.25, 0.3) is 0 Å². The van der Waals surface area contributed by atoms with Crippen LogP contribution in [0.4, 0.5) is 10.5 Å². The number of hydrogen-bond acceptors (Lipinski definition) is 4. The molecule has 132 valence electrons. The molecule has 25 heavy (non-hydrogen) atoms. The maximum atomic E-state index is 12.5. The first-order chi connectivity index (χ1) is 12.3. The highest BCUT2D eigenvalue weighted by atomic mass is 16.5. The van der Waals surface area contributed by atoms with Crippen LogP contribution in [0.15, 0.2) is 42.7 Å². The zero-order valence-electron chi connectivity index (χ0n) is 14.1. The van der Waals surface area contributed by atoms with Gasteiger partial charge in [-0.3, -0.25) is 4.90 Å². The molecule has 2 saturated heterocycles. The van der Waals surface area contributed by atoms with Gasteiger partial charge in [0, 0.05) is 12.4 Å². The predicted molar refractivity (Wildman–Crippen MR) is 94.9 cm³/mol. The van der Waals surface area contributed by atoms with E-state index < -0.39 is 0 Å². The number of nitrogens with zero attached hydrogens (tertiary/aromatic N) is 3. The summed E-state index contributed by atoms with van der Waals surface area (Å²) < 4.78 is 7.36. The van der Waals surface area contributed by atoms with Crippen molar-refractivity contribution in [3.63, 3.8) is 0 Å². The Labute approximate surface area is 147 Å². The average molecular weight is 341 g/mol. The van der Waals surface area contributed by atoms with Gasteiger partial charge < -0.3 is 15.4 Å². The number of nitrogens with one attached hydrogen (secondary N) is 2. The van der Waals surface area contributed by atoms with E-state index in [-0.39, 0.29) is 18.1 Å². The first-order valence-corrected chi connectivity index (χ1v) is 8.79. The molecule has 0 spiro atoms. The Hall–Kier alpha value is -2.38. The van der Waals surface area contributed by atoms with Crippen LogP contribution in [0.1, 0.15) is 12.8 Å². The highest BCUT2D eigenvalue weighted by molar-refractivity contribution is 5.91. The van der Waals surface area contributed by atoms with Gasteiger partial charge in [-0.05, 0) is 44.1 Å². The number of para-hydroxylation sites is 2. The molecule has 0 radical (unpaired) electrons. The number of carbonyl (C=O) groups excluding carboxylic acids is 1. The van der Waals surface area contributed by atoms with Gasteiger partial charge in [-0.15, -0.1) is 0 Å². The third-order valence-corrected chi connectivity index (χ3v) is 4.88. The summed E-state index contributed by atoms with van der Waals surface area (Å²) in [7, 11) is 0. The first-order valence-electron chi connectivity index (χ1n) is 8.79. The molecule has 3 heterocycles. The number of benzene rings is 1. The van der Waals surface area contributed by atoms with E-state index in [0.717, 1.165) is 24.5 Å². The summed E-state index contributed by atoms with van der Waals surface area (Å²) in [6, 6.07) is 9.56. The number of amides is 2. The largest absolute Gasteiger partial charge is 0.378 e. The second-order valence-electron chi connectivity index (χ2n) is 6.52. The van der Waals surface area contributed by atoms with E-state index in [1.807, 2.05) is 36.5 Å². The van der Waals surface area contributed by atoms with Gasteiger partial charge in [-0.1, -0.05) is 12.1 Å². The molecule has 4 rings (SSSR count). The summed E-state index contributed by atoms with van der Waals surface area (Å²) >= 11 is 0. The maximum absolute atomic E-state index is 12.5. The number of urea groups is 1. The fourth-order valence-electron chi connectivity index (χ4n) is 3.63. The highest BCUT2D eigenvalue weighted by Crippen LogP contribution is 2.21. The van der Waals surface area contributed by atoms with Crippen molar-refractivity contribution in [2.45, 2.75) is 24.9 Å². The van der Waals surface area contributed by atoms with Crippen LogP contribution in [-0.2, 0) is 4.74 Å². The maximum Gasteiger partial charge on any atom is 0.319 e. The summed E-state index contributed by atoms with van der Waals surface area (Å²) in [6.45, 7) is 3.44. The Morgan fingerprint density at radius 3 is 2.80 bits per heavy atom. The summed E-state index contributed by atoms with van der Waals surface area (Å²) in [5, 5.41) is 10.3. The van der Waals surface area contributed by atoms with Crippen molar-refractivity contribution < 1.29 is 9.53 Å². The summed E-state index contributed by atoms with van der Waals surface area (Å²) in [5.41, 5.74) is 1.56. The van der Waals surface area contributed by atoms with E-state index >= 15 is 0 Å². The topological polar surface area (TPSA) is 71.4 Å². The van der Waals surface area contributed by atoms with Crippen LogP contribution in [-0.4, -0.2) is 59.1 Å². The number of hydrogen-bond donors (Lipinski definition) is 2. The van der Waals surface area contributed by atoms with E-state index in [1.165, 1.54) is 12.8 Å². The average Bonchev–Trinajstić information content (AvgIpc) is 3.37. The van der Waals surface area contributed by atoms with E-state index in [0.29, 0.717) is 13.2 Å². The van der Waals surface area contributed by atoms with Gasteiger partial charge in [0.15, 0.2) is 0 Å². The number of carbonyl (C=O) groups is 1. The van der Waals surface area contributed by atoms with E-state index in [9.17, 15) is 4.79 Å². The molecule has 2 fully saturated rings. The minimum atomic E-state index is -0.209. The fourth-order valence-corrected chi connectivity index (χ4v) is 3.63. The lowest BCUT2D eigenvalue weighted by Crippen LogP contribution is -2.51. The molecule has 7 nitrogen and oxygen atoms in total. The van der Waals surface area contributed by atoms with Gasteiger partial charge in [0.2, 0.25) is 0 Å². The van der Waals surface area contributed by atoms with Crippen molar-refractivity contribution in [2.75, 3.05) is 31.6 Å². The van der Waals surface area contributed by atoms with Crippen LogP contribution in [0.25, 0.3) is 5.69 Å². The van der Waals surface area contributed by atoms with Gasteiger partial charge in [0.1, 0.15) is 0 Å². The molecule has 2 aliphatic heterocycles. The number of anilines is 1. The first kappa shape index (κ1) is 16.1. The molecule has 7 heteroatoms. The van der Waals surface area contributed by atoms with Crippen LogP contribution in [0.2, 0.25) is 0 Å². The zero-order chi connectivity index (χ0) is 17.1. The normalized spacial score (nSPS) is 23.7. The molecule has 0 aliphatic carbocycles. The van der Waals surface area contributed by atoms with Crippen molar-refractivity contribution in [1.82, 2.24) is 20.0 Å². The number of rotatable bonds is 4. The SMILES string of the molecule is O=C(Nc1ccccc1-n1cccn1)N[C@H]1COC[C@@H]1N1CCCC1. The molecule has 0 saturated carbocycles. The molecular formula is C18H23N5O2. The van der Waals surface area contributed by atoms with Gasteiger partial charge >= 0.3 is 6.03 Å². The van der Waals surface area contributed by atoms with Crippen LogP contribution in [0.5, 0.6) is 0 Å². The molecule has 2 atom stereocenters. The third-order valence-electron chi connectivity index (χ3n) is 4.88. The van der Waals surface area contributed by atoms with E-state index in [4.69, 9.17) is 4.74 Å². The Morgan fingerprint density at radius 2 is 2.00 bits per heavy atom. The molecule has 2 aromatic rings. The number of aromatic nitrogens is 2. The van der Waals surface area contributed by atoms with E-state index in [2.05, 4.69) is 20.6 Å². The summed E-state index contributed by atoms with van der Waals surface area (Å²) in [6.07, 6.45) is 6.03. The Morgan fingerprint density at radius 1 is 1.16 bits per heavy atom. The highest BCUT2D eigenvalue weighted by Gasteiger charge is 2.35. The monoisotopic (exact) mass is 341 g/mol. The third kappa shape index (κ3) is 3.52.